The summed E-state index contributed by atoms with van der Waals surface area (Å²) in [5, 5.41) is 2.93. The molecule has 1 aromatic heterocycles. The SMILES string of the molecule is O=C(Nc1cccc(-c2nc3ccc(OCCCN4CCCC4)cc3o2)c1)c1ccccc1. The molecular weight excluding hydrogens is 414 g/mol. The van der Waals surface area contributed by atoms with Gasteiger partial charge >= 0.3 is 0 Å². The minimum Gasteiger partial charge on any atom is -0.493 e. The van der Waals surface area contributed by atoms with Gasteiger partial charge in [-0.05, 0) is 74.8 Å². The van der Waals surface area contributed by atoms with Crippen LogP contribution in [0.1, 0.15) is 29.6 Å². The van der Waals surface area contributed by atoms with E-state index in [2.05, 4.69) is 15.2 Å². The largest absolute Gasteiger partial charge is 0.493 e. The number of amides is 1. The van der Waals surface area contributed by atoms with Gasteiger partial charge in [0.15, 0.2) is 5.58 Å². The highest BCUT2D eigenvalue weighted by atomic mass is 16.5. The number of oxazole rings is 1. The van der Waals surface area contributed by atoms with Crippen molar-refractivity contribution >= 4 is 22.7 Å². The molecule has 1 saturated heterocycles. The fraction of sp³-hybridized carbons (Fsp3) is 0.259. The maximum atomic E-state index is 12.5. The predicted molar refractivity (Wildman–Crippen MR) is 130 cm³/mol. The summed E-state index contributed by atoms with van der Waals surface area (Å²) in [6.07, 6.45) is 3.64. The zero-order valence-corrected chi connectivity index (χ0v) is 18.5. The normalized spacial score (nSPS) is 13.9. The monoisotopic (exact) mass is 441 g/mol. The van der Waals surface area contributed by atoms with E-state index < -0.39 is 0 Å². The van der Waals surface area contributed by atoms with Crippen LogP contribution in [0.3, 0.4) is 0 Å². The van der Waals surface area contributed by atoms with Crippen molar-refractivity contribution in [3.05, 3.63) is 78.4 Å². The Kier molecular flexibility index (Phi) is 6.35. The van der Waals surface area contributed by atoms with Crippen LogP contribution in [-0.4, -0.2) is 42.0 Å². The summed E-state index contributed by atoms with van der Waals surface area (Å²) in [5.74, 6) is 1.14. The molecule has 2 heterocycles. The zero-order valence-electron chi connectivity index (χ0n) is 18.5. The van der Waals surface area contributed by atoms with Crippen molar-refractivity contribution in [1.82, 2.24) is 9.88 Å². The molecule has 0 radical (unpaired) electrons. The molecule has 1 fully saturated rings. The third kappa shape index (κ3) is 5.23. The highest BCUT2D eigenvalue weighted by Crippen LogP contribution is 2.28. The number of nitrogens with zero attached hydrogens (tertiary/aromatic N) is 2. The molecule has 6 nitrogen and oxygen atoms in total. The number of rotatable bonds is 8. The number of benzene rings is 3. The highest BCUT2D eigenvalue weighted by Gasteiger charge is 2.13. The fourth-order valence-corrected chi connectivity index (χ4v) is 4.13. The number of likely N-dealkylation sites (tertiary alicyclic amines) is 1. The van der Waals surface area contributed by atoms with Crippen molar-refractivity contribution in [3.63, 3.8) is 0 Å². The number of hydrogen-bond donors (Lipinski definition) is 1. The number of nitrogens with one attached hydrogen (secondary N) is 1. The van der Waals surface area contributed by atoms with Crippen LogP contribution in [0.2, 0.25) is 0 Å². The number of anilines is 1. The fourth-order valence-electron chi connectivity index (χ4n) is 4.13. The number of carbonyl (C=O) groups is 1. The molecule has 4 aromatic rings. The van der Waals surface area contributed by atoms with Crippen molar-refractivity contribution in [2.24, 2.45) is 0 Å². The molecule has 3 aromatic carbocycles. The molecule has 168 valence electrons. The third-order valence-corrected chi connectivity index (χ3v) is 5.85. The molecule has 0 spiro atoms. The molecular formula is C27H27N3O3. The van der Waals surface area contributed by atoms with Crippen molar-refractivity contribution in [3.8, 4) is 17.2 Å². The molecule has 33 heavy (non-hydrogen) atoms. The van der Waals surface area contributed by atoms with Gasteiger partial charge in [-0.25, -0.2) is 4.98 Å². The van der Waals surface area contributed by atoms with E-state index in [0.717, 1.165) is 29.8 Å². The van der Waals surface area contributed by atoms with E-state index in [1.165, 1.54) is 25.9 Å². The standard InChI is InChI=1S/C27H27N3O3/c31-26(20-8-2-1-3-9-20)28-22-11-6-10-21(18-22)27-29-24-13-12-23(19-25(24)33-27)32-17-7-16-30-14-4-5-15-30/h1-3,6,8-13,18-19H,4-5,7,14-17H2,(H,28,31). The number of ether oxygens (including phenoxy) is 1. The van der Waals surface area contributed by atoms with Gasteiger partial charge in [-0.1, -0.05) is 24.3 Å². The van der Waals surface area contributed by atoms with Gasteiger partial charge in [-0.2, -0.15) is 0 Å². The molecule has 1 aliphatic rings. The molecule has 0 bridgehead atoms. The predicted octanol–water partition coefficient (Wildman–Crippen LogP) is 5.61. The quantitative estimate of drug-likeness (QED) is 0.360. The average Bonchev–Trinajstić information content (AvgIpc) is 3.52. The Balaban J connectivity index is 1.25. The first-order valence-corrected chi connectivity index (χ1v) is 11.5. The second-order valence-corrected chi connectivity index (χ2v) is 8.30. The van der Waals surface area contributed by atoms with Crippen LogP contribution in [0, 0.1) is 0 Å². The van der Waals surface area contributed by atoms with E-state index in [1.807, 2.05) is 60.7 Å². The average molecular weight is 442 g/mol. The highest BCUT2D eigenvalue weighted by molar-refractivity contribution is 6.04. The van der Waals surface area contributed by atoms with Crippen LogP contribution < -0.4 is 10.1 Å². The smallest absolute Gasteiger partial charge is 0.255 e. The van der Waals surface area contributed by atoms with E-state index in [9.17, 15) is 4.79 Å². The minimum atomic E-state index is -0.156. The van der Waals surface area contributed by atoms with Crippen LogP contribution in [0.5, 0.6) is 5.75 Å². The summed E-state index contributed by atoms with van der Waals surface area (Å²) in [6.45, 7) is 4.20. The number of carbonyl (C=O) groups excluding carboxylic acids is 1. The summed E-state index contributed by atoms with van der Waals surface area (Å²) in [4.78, 5) is 19.6. The third-order valence-electron chi connectivity index (χ3n) is 5.85. The van der Waals surface area contributed by atoms with Gasteiger partial charge in [0, 0.05) is 29.4 Å². The van der Waals surface area contributed by atoms with Crippen LogP contribution >= 0.6 is 0 Å². The second-order valence-electron chi connectivity index (χ2n) is 8.30. The molecule has 0 saturated carbocycles. The summed E-state index contributed by atoms with van der Waals surface area (Å²) in [6, 6.07) is 22.4. The van der Waals surface area contributed by atoms with Crippen LogP contribution in [-0.2, 0) is 0 Å². The lowest BCUT2D eigenvalue weighted by molar-refractivity contribution is 0.102. The van der Waals surface area contributed by atoms with E-state index >= 15 is 0 Å². The summed E-state index contributed by atoms with van der Waals surface area (Å²) in [7, 11) is 0. The van der Waals surface area contributed by atoms with Crippen molar-refractivity contribution in [2.75, 3.05) is 31.6 Å². The summed E-state index contributed by atoms with van der Waals surface area (Å²) < 4.78 is 11.9. The summed E-state index contributed by atoms with van der Waals surface area (Å²) >= 11 is 0. The number of hydrogen-bond acceptors (Lipinski definition) is 5. The van der Waals surface area contributed by atoms with Crippen LogP contribution in [0.25, 0.3) is 22.6 Å². The first kappa shape index (κ1) is 21.2. The minimum absolute atomic E-state index is 0.156. The lowest BCUT2D eigenvalue weighted by atomic mass is 10.1. The molecule has 1 aliphatic heterocycles. The Bertz CT molecular complexity index is 1230. The Morgan fingerprint density at radius 1 is 1.00 bits per heavy atom. The molecule has 6 heteroatoms. The lowest BCUT2D eigenvalue weighted by Crippen LogP contribution is -2.21. The topological polar surface area (TPSA) is 67.6 Å². The second kappa shape index (κ2) is 9.88. The number of fused-ring (bicyclic) bond motifs is 1. The van der Waals surface area contributed by atoms with E-state index in [0.29, 0.717) is 29.3 Å². The van der Waals surface area contributed by atoms with E-state index in [4.69, 9.17) is 9.15 Å². The maximum Gasteiger partial charge on any atom is 0.255 e. The van der Waals surface area contributed by atoms with Gasteiger partial charge in [0.05, 0.1) is 6.61 Å². The zero-order chi connectivity index (χ0) is 22.5. The Hall–Kier alpha value is -3.64. The van der Waals surface area contributed by atoms with Gasteiger partial charge in [0.1, 0.15) is 11.3 Å². The Morgan fingerprint density at radius 3 is 2.70 bits per heavy atom. The van der Waals surface area contributed by atoms with E-state index in [-0.39, 0.29) is 5.91 Å². The molecule has 0 aliphatic carbocycles. The number of aromatic nitrogens is 1. The van der Waals surface area contributed by atoms with Crippen LogP contribution in [0.15, 0.2) is 77.2 Å². The Morgan fingerprint density at radius 2 is 1.85 bits per heavy atom. The maximum absolute atomic E-state index is 12.5. The molecule has 5 rings (SSSR count). The first-order valence-electron chi connectivity index (χ1n) is 11.5. The molecule has 1 amide bonds. The molecule has 0 atom stereocenters. The van der Waals surface area contributed by atoms with Crippen molar-refractivity contribution < 1.29 is 13.9 Å². The molecule has 0 unspecified atom stereocenters. The van der Waals surface area contributed by atoms with Crippen molar-refractivity contribution in [1.29, 1.82) is 0 Å². The summed E-state index contributed by atoms with van der Waals surface area (Å²) in [5.41, 5.74) is 3.54. The van der Waals surface area contributed by atoms with Gasteiger partial charge in [0.25, 0.3) is 5.91 Å². The van der Waals surface area contributed by atoms with E-state index in [1.54, 1.807) is 12.1 Å². The Labute approximate surface area is 193 Å². The molecule has 1 N–H and O–H groups in total. The first-order chi connectivity index (χ1) is 16.2. The van der Waals surface area contributed by atoms with Gasteiger partial charge in [0.2, 0.25) is 5.89 Å². The van der Waals surface area contributed by atoms with Crippen LogP contribution in [0.4, 0.5) is 5.69 Å². The van der Waals surface area contributed by atoms with Gasteiger partial charge < -0.3 is 19.4 Å². The van der Waals surface area contributed by atoms with Gasteiger partial charge in [-0.15, -0.1) is 0 Å². The van der Waals surface area contributed by atoms with Crippen molar-refractivity contribution in [2.45, 2.75) is 19.3 Å². The van der Waals surface area contributed by atoms with Gasteiger partial charge in [-0.3, -0.25) is 4.79 Å². The lowest BCUT2D eigenvalue weighted by Gasteiger charge is -2.14.